The number of rotatable bonds is 8. The summed E-state index contributed by atoms with van der Waals surface area (Å²) in [6, 6.07) is 4.87. The Labute approximate surface area is 128 Å². The topological polar surface area (TPSA) is 34.8 Å². The molecule has 2 aromatic rings. The van der Waals surface area contributed by atoms with Crippen LogP contribution < -0.4 is 5.32 Å². The molecular weight excluding hydrogens is 260 g/mol. The van der Waals surface area contributed by atoms with Crippen molar-refractivity contribution in [1.82, 2.24) is 19.7 Å². The van der Waals surface area contributed by atoms with Gasteiger partial charge < -0.3 is 9.88 Å². The van der Waals surface area contributed by atoms with E-state index >= 15 is 0 Å². The van der Waals surface area contributed by atoms with Gasteiger partial charge in [-0.3, -0.25) is 4.68 Å². The summed E-state index contributed by atoms with van der Waals surface area (Å²) >= 11 is 0. The highest BCUT2D eigenvalue weighted by Crippen LogP contribution is 2.19. The Bertz CT molecular complexity index is 553. The fraction of sp³-hybridized carbons (Fsp3) is 0.588. The zero-order chi connectivity index (χ0) is 15.2. The molecule has 1 N–H and O–H groups in total. The standard InChI is InChI=1S/C17H28N4/c1-5-7-17(18-9-6-2)15-8-10-21(12-15)13-16-11-14(3)19-20(16)4/h8,10-12,17-18H,5-7,9,13H2,1-4H3. The summed E-state index contributed by atoms with van der Waals surface area (Å²) < 4.78 is 4.22. The van der Waals surface area contributed by atoms with Gasteiger partial charge in [0, 0.05) is 25.5 Å². The van der Waals surface area contributed by atoms with Gasteiger partial charge in [0.2, 0.25) is 0 Å². The highest BCUT2D eigenvalue weighted by Gasteiger charge is 2.11. The largest absolute Gasteiger partial charge is 0.348 e. The fourth-order valence-corrected chi connectivity index (χ4v) is 2.76. The first-order valence-corrected chi connectivity index (χ1v) is 8.02. The van der Waals surface area contributed by atoms with Crippen LogP contribution in [-0.2, 0) is 13.6 Å². The summed E-state index contributed by atoms with van der Waals surface area (Å²) in [6.45, 7) is 8.46. The van der Waals surface area contributed by atoms with Crippen LogP contribution in [0.4, 0.5) is 0 Å². The molecule has 2 rings (SSSR count). The Hall–Kier alpha value is -1.55. The molecule has 0 bridgehead atoms. The number of nitrogens with one attached hydrogen (secondary N) is 1. The summed E-state index contributed by atoms with van der Waals surface area (Å²) in [6.07, 6.45) is 8.01. The van der Waals surface area contributed by atoms with E-state index in [2.05, 4.69) is 53.4 Å². The van der Waals surface area contributed by atoms with Crippen LogP contribution in [0.5, 0.6) is 0 Å². The van der Waals surface area contributed by atoms with Crippen molar-refractivity contribution in [3.63, 3.8) is 0 Å². The maximum Gasteiger partial charge on any atom is 0.0639 e. The second-order valence-electron chi connectivity index (χ2n) is 5.81. The van der Waals surface area contributed by atoms with E-state index in [1.165, 1.54) is 30.5 Å². The molecule has 0 saturated carbocycles. The molecule has 0 amide bonds. The minimum absolute atomic E-state index is 0.476. The molecule has 0 aliphatic heterocycles. The van der Waals surface area contributed by atoms with Gasteiger partial charge in [0.1, 0.15) is 0 Å². The van der Waals surface area contributed by atoms with Crippen LogP contribution in [0.25, 0.3) is 0 Å². The average Bonchev–Trinajstić information content (AvgIpc) is 3.02. The molecule has 116 valence electrons. The van der Waals surface area contributed by atoms with Crippen LogP contribution in [0.3, 0.4) is 0 Å². The van der Waals surface area contributed by atoms with Gasteiger partial charge in [0.25, 0.3) is 0 Å². The van der Waals surface area contributed by atoms with Gasteiger partial charge in [-0.05, 0) is 44.0 Å². The minimum atomic E-state index is 0.476. The minimum Gasteiger partial charge on any atom is -0.348 e. The summed E-state index contributed by atoms with van der Waals surface area (Å²) in [5, 5.41) is 8.06. The molecule has 0 radical (unpaired) electrons. The summed E-state index contributed by atoms with van der Waals surface area (Å²) in [7, 11) is 2.01. The van der Waals surface area contributed by atoms with Gasteiger partial charge in [-0.25, -0.2) is 0 Å². The summed E-state index contributed by atoms with van der Waals surface area (Å²) in [4.78, 5) is 0. The maximum absolute atomic E-state index is 4.41. The first-order chi connectivity index (χ1) is 10.1. The molecule has 0 saturated heterocycles. The van der Waals surface area contributed by atoms with Gasteiger partial charge in [0.05, 0.1) is 17.9 Å². The van der Waals surface area contributed by atoms with Crippen LogP contribution in [0, 0.1) is 6.92 Å². The molecule has 0 spiro atoms. The molecule has 0 aromatic carbocycles. The predicted molar refractivity (Wildman–Crippen MR) is 87.4 cm³/mol. The SMILES string of the molecule is CCCNC(CCC)c1ccn(Cc2cc(C)nn2C)c1. The number of hydrogen-bond donors (Lipinski definition) is 1. The number of aromatic nitrogens is 3. The van der Waals surface area contributed by atoms with Crippen molar-refractivity contribution < 1.29 is 0 Å². The molecule has 21 heavy (non-hydrogen) atoms. The molecule has 1 unspecified atom stereocenters. The van der Waals surface area contributed by atoms with E-state index in [-0.39, 0.29) is 0 Å². The second-order valence-corrected chi connectivity index (χ2v) is 5.81. The van der Waals surface area contributed by atoms with Crippen molar-refractivity contribution >= 4 is 0 Å². The zero-order valence-corrected chi connectivity index (χ0v) is 13.8. The number of hydrogen-bond acceptors (Lipinski definition) is 2. The van der Waals surface area contributed by atoms with Gasteiger partial charge >= 0.3 is 0 Å². The lowest BCUT2D eigenvalue weighted by Gasteiger charge is -2.16. The molecule has 0 aliphatic rings. The molecule has 2 heterocycles. The van der Waals surface area contributed by atoms with Crippen LogP contribution in [-0.4, -0.2) is 20.9 Å². The van der Waals surface area contributed by atoms with Crippen molar-refractivity contribution in [2.75, 3.05) is 6.54 Å². The van der Waals surface area contributed by atoms with E-state index < -0.39 is 0 Å². The van der Waals surface area contributed by atoms with E-state index in [1.807, 2.05) is 18.7 Å². The Balaban J connectivity index is 2.06. The normalized spacial score (nSPS) is 12.8. The lowest BCUT2D eigenvalue weighted by atomic mass is 10.1. The van der Waals surface area contributed by atoms with Gasteiger partial charge in [-0.2, -0.15) is 5.10 Å². The van der Waals surface area contributed by atoms with Gasteiger partial charge in [0.15, 0.2) is 0 Å². The maximum atomic E-state index is 4.41. The van der Waals surface area contributed by atoms with E-state index in [4.69, 9.17) is 0 Å². The second kappa shape index (κ2) is 7.46. The first-order valence-electron chi connectivity index (χ1n) is 8.02. The Kier molecular flexibility index (Phi) is 5.62. The van der Waals surface area contributed by atoms with Crippen molar-refractivity contribution in [1.29, 1.82) is 0 Å². The molecule has 2 aromatic heterocycles. The quantitative estimate of drug-likeness (QED) is 0.807. The third-order valence-electron chi connectivity index (χ3n) is 3.84. The lowest BCUT2D eigenvalue weighted by molar-refractivity contribution is 0.493. The molecular formula is C17H28N4. The molecule has 4 nitrogen and oxygen atoms in total. The molecule has 0 aliphatic carbocycles. The van der Waals surface area contributed by atoms with Crippen LogP contribution in [0.1, 0.15) is 56.1 Å². The van der Waals surface area contributed by atoms with E-state index in [0.29, 0.717) is 6.04 Å². The zero-order valence-electron chi connectivity index (χ0n) is 13.8. The molecule has 0 fully saturated rings. The van der Waals surface area contributed by atoms with Gasteiger partial charge in [-0.15, -0.1) is 0 Å². The van der Waals surface area contributed by atoms with E-state index in [9.17, 15) is 0 Å². The van der Waals surface area contributed by atoms with Crippen molar-refractivity contribution in [3.8, 4) is 0 Å². The smallest absolute Gasteiger partial charge is 0.0639 e. The van der Waals surface area contributed by atoms with Crippen molar-refractivity contribution in [2.24, 2.45) is 7.05 Å². The Morgan fingerprint density at radius 2 is 2.10 bits per heavy atom. The summed E-state index contributed by atoms with van der Waals surface area (Å²) in [5.41, 5.74) is 3.71. The number of aryl methyl sites for hydroxylation is 2. The Morgan fingerprint density at radius 1 is 1.29 bits per heavy atom. The van der Waals surface area contributed by atoms with Crippen molar-refractivity contribution in [2.45, 2.75) is 52.6 Å². The third kappa shape index (κ3) is 4.21. The van der Waals surface area contributed by atoms with Crippen LogP contribution in [0.2, 0.25) is 0 Å². The Morgan fingerprint density at radius 3 is 2.71 bits per heavy atom. The highest BCUT2D eigenvalue weighted by atomic mass is 15.3. The van der Waals surface area contributed by atoms with E-state index in [0.717, 1.165) is 18.8 Å². The lowest BCUT2D eigenvalue weighted by Crippen LogP contribution is -2.21. The van der Waals surface area contributed by atoms with Crippen LogP contribution in [0.15, 0.2) is 24.5 Å². The van der Waals surface area contributed by atoms with Gasteiger partial charge in [-0.1, -0.05) is 20.3 Å². The monoisotopic (exact) mass is 288 g/mol. The fourth-order valence-electron chi connectivity index (χ4n) is 2.76. The van der Waals surface area contributed by atoms with Crippen LogP contribution >= 0.6 is 0 Å². The average molecular weight is 288 g/mol. The molecule has 1 atom stereocenters. The predicted octanol–water partition coefficient (Wildman–Crippen LogP) is 3.42. The third-order valence-corrected chi connectivity index (χ3v) is 3.84. The highest BCUT2D eigenvalue weighted by molar-refractivity contribution is 5.17. The first kappa shape index (κ1) is 15.8. The van der Waals surface area contributed by atoms with E-state index in [1.54, 1.807) is 0 Å². The molecule has 4 heteroatoms. The number of nitrogens with zero attached hydrogens (tertiary/aromatic N) is 3. The van der Waals surface area contributed by atoms with Crippen molar-refractivity contribution in [3.05, 3.63) is 41.5 Å². The summed E-state index contributed by atoms with van der Waals surface area (Å²) in [5.74, 6) is 0.